The Morgan fingerprint density at radius 3 is 2.80 bits per heavy atom. The molecule has 0 unspecified atom stereocenters. The molecular formula is C17H14N2S. The Hall–Kier alpha value is -2.18. The molecule has 1 heterocycles. The molecule has 20 heavy (non-hydrogen) atoms. The zero-order valence-electron chi connectivity index (χ0n) is 11.2. The lowest BCUT2D eigenvalue weighted by Gasteiger charge is -2.07. The van der Waals surface area contributed by atoms with Crippen LogP contribution in [0.1, 0.15) is 12.5 Å². The van der Waals surface area contributed by atoms with Crippen LogP contribution in [0.4, 0.5) is 0 Å². The molecule has 0 aliphatic rings. The Kier molecular flexibility index (Phi) is 3.49. The van der Waals surface area contributed by atoms with Gasteiger partial charge in [0.25, 0.3) is 0 Å². The second kappa shape index (κ2) is 5.44. The first kappa shape index (κ1) is 12.8. The molecule has 3 aromatic rings. The summed E-state index contributed by atoms with van der Waals surface area (Å²) < 4.78 is 0. The normalized spacial score (nSPS) is 10.6. The van der Waals surface area contributed by atoms with E-state index >= 15 is 0 Å². The minimum atomic E-state index is 0.693. The molecule has 1 N–H and O–H groups in total. The number of nitrogens with one attached hydrogen (secondary N) is 1. The van der Waals surface area contributed by atoms with Gasteiger partial charge in [0, 0.05) is 27.6 Å². The number of hydrogen-bond donors (Lipinski definition) is 1. The van der Waals surface area contributed by atoms with Gasteiger partial charge in [-0.25, -0.2) is 0 Å². The number of benzene rings is 2. The molecule has 0 aliphatic carbocycles. The predicted molar refractivity (Wildman–Crippen MR) is 84.8 cm³/mol. The van der Waals surface area contributed by atoms with Crippen molar-refractivity contribution in [1.29, 1.82) is 5.26 Å². The molecule has 0 saturated heterocycles. The molecule has 0 spiro atoms. The van der Waals surface area contributed by atoms with E-state index < -0.39 is 0 Å². The Balaban J connectivity index is 2.22. The van der Waals surface area contributed by atoms with Crippen molar-refractivity contribution in [2.75, 3.05) is 5.75 Å². The number of hydrogen-bond acceptors (Lipinski definition) is 2. The van der Waals surface area contributed by atoms with Crippen molar-refractivity contribution in [3.05, 3.63) is 54.2 Å². The van der Waals surface area contributed by atoms with Crippen molar-refractivity contribution in [3.8, 4) is 17.2 Å². The van der Waals surface area contributed by atoms with Gasteiger partial charge in [-0.3, -0.25) is 0 Å². The summed E-state index contributed by atoms with van der Waals surface area (Å²) in [4.78, 5) is 4.56. The topological polar surface area (TPSA) is 39.6 Å². The number of aromatic nitrogens is 1. The number of rotatable bonds is 3. The van der Waals surface area contributed by atoms with Crippen LogP contribution in [0.3, 0.4) is 0 Å². The van der Waals surface area contributed by atoms with Gasteiger partial charge in [0.15, 0.2) is 0 Å². The minimum Gasteiger partial charge on any atom is -0.361 e. The molecule has 98 valence electrons. The molecule has 0 aliphatic heterocycles. The van der Waals surface area contributed by atoms with E-state index in [0.29, 0.717) is 5.56 Å². The summed E-state index contributed by atoms with van der Waals surface area (Å²) in [6.45, 7) is 2.16. The average molecular weight is 278 g/mol. The SMILES string of the molecule is CCSc1ccccc1-c1c[nH]c2ccc(C#N)cc12. The molecule has 3 heteroatoms. The predicted octanol–water partition coefficient (Wildman–Crippen LogP) is 4.82. The number of fused-ring (bicyclic) bond motifs is 1. The first-order valence-corrected chi connectivity index (χ1v) is 7.55. The Morgan fingerprint density at radius 2 is 2.00 bits per heavy atom. The van der Waals surface area contributed by atoms with Gasteiger partial charge in [0.2, 0.25) is 0 Å². The number of thioether (sulfide) groups is 1. The van der Waals surface area contributed by atoms with Gasteiger partial charge in [-0.05, 0) is 35.6 Å². The van der Waals surface area contributed by atoms with Crippen LogP contribution in [0.2, 0.25) is 0 Å². The van der Waals surface area contributed by atoms with Crippen LogP contribution in [-0.2, 0) is 0 Å². The molecule has 0 bridgehead atoms. The van der Waals surface area contributed by atoms with Gasteiger partial charge in [-0.15, -0.1) is 11.8 Å². The second-order valence-corrected chi connectivity index (χ2v) is 5.81. The van der Waals surface area contributed by atoms with E-state index in [-0.39, 0.29) is 0 Å². The Morgan fingerprint density at radius 1 is 1.15 bits per heavy atom. The highest BCUT2D eigenvalue weighted by atomic mass is 32.2. The summed E-state index contributed by atoms with van der Waals surface area (Å²) in [7, 11) is 0. The zero-order valence-corrected chi connectivity index (χ0v) is 12.0. The lowest BCUT2D eigenvalue weighted by molar-refractivity contribution is 1.41. The van der Waals surface area contributed by atoms with Crippen LogP contribution in [0.5, 0.6) is 0 Å². The summed E-state index contributed by atoms with van der Waals surface area (Å²) >= 11 is 1.84. The van der Waals surface area contributed by atoms with E-state index in [0.717, 1.165) is 22.2 Å². The van der Waals surface area contributed by atoms with Gasteiger partial charge >= 0.3 is 0 Å². The van der Waals surface area contributed by atoms with Gasteiger partial charge in [0.1, 0.15) is 0 Å². The maximum absolute atomic E-state index is 9.07. The van der Waals surface area contributed by atoms with Gasteiger partial charge in [-0.2, -0.15) is 5.26 Å². The summed E-state index contributed by atoms with van der Waals surface area (Å²) in [6.07, 6.45) is 2.03. The van der Waals surface area contributed by atoms with E-state index in [4.69, 9.17) is 5.26 Å². The van der Waals surface area contributed by atoms with Crippen molar-refractivity contribution < 1.29 is 0 Å². The molecule has 1 aromatic heterocycles. The molecule has 0 atom stereocenters. The lowest BCUT2D eigenvalue weighted by atomic mass is 10.0. The first-order chi connectivity index (χ1) is 9.83. The molecule has 0 amide bonds. The molecular weight excluding hydrogens is 264 g/mol. The van der Waals surface area contributed by atoms with E-state index in [9.17, 15) is 0 Å². The lowest BCUT2D eigenvalue weighted by Crippen LogP contribution is -1.82. The summed E-state index contributed by atoms with van der Waals surface area (Å²) in [6, 6.07) is 16.4. The summed E-state index contributed by atoms with van der Waals surface area (Å²) in [5.41, 5.74) is 4.14. The standard InChI is InChI=1S/C17H14N2S/c1-2-20-17-6-4-3-5-13(17)15-11-19-16-8-7-12(10-18)9-14(15)16/h3-9,11,19H,2H2,1H3. The highest BCUT2D eigenvalue weighted by Gasteiger charge is 2.10. The van der Waals surface area contributed by atoms with Gasteiger partial charge in [0.05, 0.1) is 11.6 Å². The maximum atomic E-state index is 9.07. The Labute approximate surface area is 122 Å². The summed E-state index contributed by atoms with van der Waals surface area (Å²) in [5.74, 6) is 1.04. The smallest absolute Gasteiger partial charge is 0.0991 e. The van der Waals surface area contributed by atoms with Gasteiger partial charge < -0.3 is 4.98 Å². The van der Waals surface area contributed by atoms with Crippen molar-refractivity contribution in [2.45, 2.75) is 11.8 Å². The highest BCUT2D eigenvalue weighted by Crippen LogP contribution is 2.35. The van der Waals surface area contributed by atoms with Crippen LogP contribution in [-0.4, -0.2) is 10.7 Å². The molecule has 3 rings (SSSR count). The fourth-order valence-corrected chi connectivity index (χ4v) is 3.20. The van der Waals surface area contributed by atoms with Crippen molar-refractivity contribution in [1.82, 2.24) is 4.98 Å². The van der Waals surface area contributed by atoms with E-state index in [2.05, 4.69) is 42.2 Å². The van der Waals surface area contributed by atoms with Crippen molar-refractivity contribution in [3.63, 3.8) is 0 Å². The minimum absolute atomic E-state index is 0.693. The number of nitrogens with zero attached hydrogens (tertiary/aromatic N) is 1. The highest BCUT2D eigenvalue weighted by molar-refractivity contribution is 7.99. The third kappa shape index (κ3) is 2.19. The van der Waals surface area contributed by atoms with Crippen LogP contribution in [0.15, 0.2) is 53.6 Å². The fraction of sp³-hybridized carbons (Fsp3) is 0.118. The Bertz CT molecular complexity index is 796. The van der Waals surface area contributed by atoms with Crippen LogP contribution >= 0.6 is 11.8 Å². The average Bonchev–Trinajstić information content (AvgIpc) is 2.91. The second-order valence-electron chi connectivity index (χ2n) is 4.50. The zero-order chi connectivity index (χ0) is 13.9. The first-order valence-electron chi connectivity index (χ1n) is 6.57. The largest absolute Gasteiger partial charge is 0.361 e. The third-order valence-electron chi connectivity index (χ3n) is 3.29. The molecule has 2 aromatic carbocycles. The molecule has 2 nitrogen and oxygen atoms in total. The van der Waals surface area contributed by atoms with Crippen LogP contribution < -0.4 is 0 Å². The number of H-pyrrole nitrogens is 1. The van der Waals surface area contributed by atoms with E-state index in [1.165, 1.54) is 10.5 Å². The van der Waals surface area contributed by atoms with Crippen molar-refractivity contribution in [2.24, 2.45) is 0 Å². The van der Waals surface area contributed by atoms with E-state index in [1.807, 2.05) is 36.2 Å². The number of nitriles is 1. The van der Waals surface area contributed by atoms with Crippen LogP contribution in [0, 0.1) is 11.3 Å². The molecule has 0 radical (unpaired) electrons. The van der Waals surface area contributed by atoms with Crippen LogP contribution in [0.25, 0.3) is 22.0 Å². The molecule has 0 fully saturated rings. The molecule has 0 saturated carbocycles. The van der Waals surface area contributed by atoms with Crippen molar-refractivity contribution >= 4 is 22.7 Å². The summed E-state index contributed by atoms with van der Waals surface area (Å²) in [5, 5.41) is 10.2. The maximum Gasteiger partial charge on any atom is 0.0991 e. The fourth-order valence-electron chi connectivity index (χ4n) is 2.38. The number of aromatic amines is 1. The quantitative estimate of drug-likeness (QED) is 0.698. The van der Waals surface area contributed by atoms with Gasteiger partial charge in [-0.1, -0.05) is 25.1 Å². The monoisotopic (exact) mass is 278 g/mol. The van der Waals surface area contributed by atoms with E-state index in [1.54, 1.807) is 0 Å². The third-order valence-corrected chi connectivity index (χ3v) is 4.24.